The summed E-state index contributed by atoms with van der Waals surface area (Å²) in [4.78, 5) is 19.9. The van der Waals surface area contributed by atoms with Crippen LogP contribution in [0.15, 0.2) is 60.7 Å². The summed E-state index contributed by atoms with van der Waals surface area (Å²) in [5.74, 6) is 2.03. The van der Waals surface area contributed by atoms with Crippen molar-refractivity contribution in [3.8, 4) is 5.75 Å². The van der Waals surface area contributed by atoms with Gasteiger partial charge in [-0.2, -0.15) is 0 Å². The summed E-state index contributed by atoms with van der Waals surface area (Å²) in [7, 11) is 0. The highest BCUT2D eigenvalue weighted by Gasteiger charge is 2.35. The highest BCUT2D eigenvalue weighted by atomic mass is 35.5. The summed E-state index contributed by atoms with van der Waals surface area (Å²) in [5.41, 5.74) is 6.21. The van der Waals surface area contributed by atoms with Gasteiger partial charge < -0.3 is 14.2 Å². The van der Waals surface area contributed by atoms with Gasteiger partial charge in [-0.25, -0.2) is 4.98 Å². The van der Waals surface area contributed by atoms with Gasteiger partial charge in [-0.15, -0.1) is 0 Å². The number of carbonyl (C=O) groups excluding carboxylic acids is 1. The molecule has 3 aromatic carbocycles. The first-order chi connectivity index (χ1) is 16.9. The summed E-state index contributed by atoms with van der Waals surface area (Å²) in [5, 5.41) is 0.790. The molecule has 0 N–H and O–H groups in total. The fraction of sp³-hybridized carbons (Fsp3) is 0.310. The van der Waals surface area contributed by atoms with Crippen LogP contribution < -0.4 is 9.64 Å². The van der Waals surface area contributed by atoms with Crippen LogP contribution >= 0.6 is 11.6 Å². The van der Waals surface area contributed by atoms with E-state index >= 15 is 0 Å². The van der Waals surface area contributed by atoms with Crippen LogP contribution in [0.3, 0.4) is 0 Å². The number of hydrogen-bond donors (Lipinski definition) is 0. The zero-order valence-corrected chi connectivity index (χ0v) is 21.2. The summed E-state index contributed by atoms with van der Waals surface area (Å²) >= 11 is 6.29. The second-order valence-electron chi connectivity index (χ2n) is 9.38. The van der Waals surface area contributed by atoms with Crippen LogP contribution in [-0.2, 0) is 11.3 Å². The maximum Gasteiger partial charge on any atom is 0.227 e. The molecule has 6 heteroatoms. The molecule has 5 rings (SSSR count). The second kappa shape index (κ2) is 9.74. The van der Waals surface area contributed by atoms with Crippen LogP contribution in [0.5, 0.6) is 5.75 Å². The molecule has 1 aliphatic heterocycles. The van der Waals surface area contributed by atoms with E-state index in [0.717, 1.165) is 63.0 Å². The number of rotatable bonds is 7. The van der Waals surface area contributed by atoms with Crippen molar-refractivity contribution in [1.82, 2.24) is 9.55 Å². The van der Waals surface area contributed by atoms with Crippen molar-refractivity contribution in [3.05, 3.63) is 88.2 Å². The molecule has 35 heavy (non-hydrogen) atoms. The number of aryl methyl sites for hydroxylation is 4. The first-order valence-corrected chi connectivity index (χ1v) is 12.5. The Hall–Kier alpha value is -3.31. The van der Waals surface area contributed by atoms with Gasteiger partial charge in [-0.1, -0.05) is 41.9 Å². The van der Waals surface area contributed by atoms with Crippen LogP contribution in [0.4, 0.5) is 5.69 Å². The predicted molar refractivity (Wildman–Crippen MR) is 142 cm³/mol. The minimum Gasteiger partial charge on any atom is -0.494 e. The standard InChI is InChI=1S/C29H30ClN3O2/c1-19-9-4-6-11-25(19)33-18-22(17-27(33)34)29-31-24-10-5-7-12-26(24)32(29)13-8-14-35-23-15-20(2)28(30)21(3)16-23/h4-7,9-12,15-16,22H,8,13-14,17-18H2,1-3H3. The SMILES string of the molecule is Cc1ccccc1N1CC(c2nc3ccccc3n2CCCOc2cc(C)c(Cl)c(C)c2)CC1=O. The van der Waals surface area contributed by atoms with Gasteiger partial charge in [-0.05, 0) is 74.2 Å². The van der Waals surface area contributed by atoms with E-state index in [1.165, 1.54) is 0 Å². The van der Waals surface area contributed by atoms with Gasteiger partial charge >= 0.3 is 0 Å². The Labute approximate surface area is 211 Å². The molecular weight excluding hydrogens is 458 g/mol. The minimum absolute atomic E-state index is 0.0528. The third-order valence-electron chi connectivity index (χ3n) is 6.79. The van der Waals surface area contributed by atoms with Gasteiger partial charge in [0.05, 0.1) is 17.6 Å². The molecule has 0 radical (unpaired) electrons. The lowest BCUT2D eigenvalue weighted by Crippen LogP contribution is -2.25. The van der Waals surface area contributed by atoms with Crippen molar-refractivity contribution in [1.29, 1.82) is 0 Å². The zero-order chi connectivity index (χ0) is 24.5. The molecule has 0 aliphatic carbocycles. The van der Waals surface area contributed by atoms with Gasteiger partial charge in [0.2, 0.25) is 5.91 Å². The van der Waals surface area contributed by atoms with Gasteiger partial charge in [0.15, 0.2) is 0 Å². The topological polar surface area (TPSA) is 47.4 Å². The van der Waals surface area contributed by atoms with E-state index in [9.17, 15) is 4.79 Å². The van der Waals surface area contributed by atoms with E-state index in [4.69, 9.17) is 21.3 Å². The normalized spacial score (nSPS) is 15.8. The number of carbonyl (C=O) groups is 1. The first-order valence-electron chi connectivity index (χ1n) is 12.1. The Bertz CT molecular complexity index is 1370. The molecule has 1 unspecified atom stereocenters. The summed E-state index contributed by atoms with van der Waals surface area (Å²) in [6.45, 7) is 8.05. The third kappa shape index (κ3) is 4.65. The maximum absolute atomic E-state index is 13.0. The summed E-state index contributed by atoms with van der Waals surface area (Å²) in [6.07, 6.45) is 1.30. The number of ether oxygens (including phenoxy) is 1. The molecule has 1 atom stereocenters. The van der Waals surface area contributed by atoms with Crippen molar-refractivity contribution >= 4 is 34.2 Å². The van der Waals surface area contributed by atoms with Crippen LogP contribution in [0.25, 0.3) is 11.0 Å². The largest absolute Gasteiger partial charge is 0.494 e. The quantitative estimate of drug-likeness (QED) is 0.276. The minimum atomic E-state index is 0.0528. The molecule has 0 spiro atoms. The average molecular weight is 488 g/mol. The van der Waals surface area contributed by atoms with E-state index in [1.807, 2.05) is 67.3 Å². The number of benzene rings is 3. The predicted octanol–water partition coefficient (Wildman–Crippen LogP) is 6.60. The van der Waals surface area contributed by atoms with E-state index < -0.39 is 0 Å². The summed E-state index contributed by atoms with van der Waals surface area (Å²) in [6, 6.07) is 20.2. The molecule has 1 aliphatic rings. The summed E-state index contributed by atoms with van der Waals surface area (Å²) < 4.78 is 8.32. The van der Waals surface area contributed by atoms with Gasteiger partial charge in [0.1, 0.15) is 11.6 Å². The number of amides is 1. The number of fused-ring (bicyclic) bond motifs is 1. The van der Waals surface area contributed by atoms with Gasteiger partial charge in [0.25, 0.3) is 0 Å². The molecule has 180 valence electrons. The smallest absolute Gasteiger partial charge is 0.227 e. The van der Waals surface area contributed by atoms with Crippen LogP contribution in [0.1, 0.15) is 41.3 Å². The lowest BCUT2D eigenvalue weighted by Gasteiger charge is -2.19. The number of imidazole rings is 1. The Morgan fingerprint density at radius 2 is 1.71 bits per heavy atom. The Morgan fingerprint density at radius 3 is 2.49 bits per heavy atom. The first kappa shape index (κ1) is 23.4. The zero-order valence-electron chi connectivity index (χ0n) is 20.4. The number of aromatic nitrogens is 2. The van der Waals surface area contributed by atoms with E-state index in [2.05, 4.69) is 23.6 Å². The van der Waals surface area contributed by atoms with Gasteiger partial charge in [0, 0.05) is 36.1 Å². The monoisotopic (exact) mass is 487 g/mol. The van der Waals surface area contributed by atoms with Crippen molar-refractivity contribution in [3.63, 3.8) is 0 Å². The van der Waals surface area contributed by atoms with Crippen molar-refractivity contribution in [2.45, 2.75) is 46.1 Å². The number of nitrogens with zero attached hydrogens (tertiary/aromatic N) is 3. The second-order valence-corrected chi connectivity index (χ2v) is 9.75. The molecule has 2 heterocycles. The van der Waals surface area contributed by atoms with Gasteiger partial charge in [-0.3, -0.25) is 4.79 Å². The molecule has 1 amide bonds. The maximum atomic E-state index is 13.0. The van der Waals surface area contributed by atoms with E-state index in [-0.39, 0.29) is 11.8 Å². The molecule has 5 nitrogen and oxygen atoms in total. The molecular formula is C29H30ClN3O2. The molecule has 4 aromatic rings. The van der Waals surface area contributed by atoms with Crippen molar-refractivity contribution < 1.29 is 9.53 Å². The number of anilines is 1. The number of halogens is 1. The molecule has 0 saturated carbocycles. The van der Waals surface area contributed by atoms with Crippen LogP contribution in [0, 0.1) is 20.8 Å². The number of para-hydroxylation sites is 3. The highest BCUT2D eigenvalue weighted by molar-refractivity contribution is 6.32. The molecule has 1 aromatic heterocycles. The van der Waals surface area contributed by atoms with E-state index in [1.54, 1.807) is 0 Å². The molecule has 1 saturated heterocycles. The lowest BCUT2D eigenvalue weighted by molar-refractivity contribution is -0.117. The Morgan fingerprint density at radius 1 is 1.00 bits per heavy atom. The average Bonchev–Trinajstić information content (AvgIpc) is 3.41. The fourth-order valence-electron chi connectivity index (χ4n) is 5.02. The van der Waals surface area contributed by atoms with Crippen molar-refractivity contribution in [2.24, 2.45) is 0 Å². The molecule has 0 bridgehead atoms. The van der Waals surface area contributed by atoms with Crippen LogP contribution in [0.2, 0.25) is 5.02 Å². The van der Waals surface area contributed by atoms with Crippen LogP contribution in [-0.4, -0.2) is 28.6 Å². The Kier molecular flexibility index (Phi) is 6.52. The highest BCUT2D eigenvalue weighted by Crippen LogP contribution is 2.34. The van der Waals surface area contributed by atoms with E-state index in [0.29, 0.717) is 19.6 Å². The molecule has 1 fully saturated rings. The fourth-order valence-corrected chi connectivity index (χ4v) is 5.13. The third-order valence-corrected chi connectivity index (χ3v) is 7.38. The Balaban J connectivity index is 1.34. The number of hydrogen-bond acceptors (Lipinski definition) is 3. The lowest BCUT2D eigenvalue weighted by atomic mass is 10.1. The van der Waals surface area contributed by atoms with Crippen molar-refractivity contribution in [2.75, 3.05) is 18.1 Å².